The molecule has 1 N–H and O–H groups in total. The summed E-state index contributed by atoms with van der Waals surface area (Å²) in [6, 6.07) is 22.3. The second kappa shape index (κ2) is 12.9. The van der Waals surface area contributed by atoms with Crippen LogP contribution < -0.4 is 14.8 Å². The molecule has 0 spiro atoms. The molecule has 1 saturated carbocycles. The molecule has 3 aromatic carbocycles. The quantitative estimate of drug-likeness (QED) is 0.403. The predicted molar refractivity (Wildman–Crippen MR) is 140 cm³/mol. The van der Waals surface area contributed by atoms with Gasteiger partial charge in [0.15, 0.2) is 18.2 Å². The largest absolute Gasteiger partial charge is 0.497 e. The predicted octanol–water partition coefficient (Wildman–Crippen LogP) is 4.91. The number of amides is 2. The minimum Gasteiger partial charge on any atom is -0.497 e. The lowest BCUT2D eigenvalue weighted by Gasteiger charge is -2.32. The van der Waals surface area contributed by atoms with Crippen LogP contribution in [0.2, 0.25) is 0 Å². The Morgan fingerprint density at radius 1 is 0.973 bits per heavy atom. The van der Waals surface area contributed by atoms with Crippen LogP contribution in [0, 0.1) is 5.82 Å². The van der Waals surface area contributed by atoms with Gasteiger partial charge < -0.3 is 19.7 Å². The summed E-state index contributed by atoms with van der Waals surface area (Å²) in [4.78, 5) is 28.8. The first-order valence-electron chi connectivity index (χ1n) is 12.7. The van der Waals surface area contributed by atoms with Gasteiger partial charge in [0.25, 0.3) is 5.91 Å². The lowest BCUT2D eigenvalue weighted by atomic mass is 10.0. The van der Waals surface area contributed by atoms with Gasteiger partial charge in [0, 0.05) is 19.0 Å². The first-order chi connectivity index (χ1) is 18.0. The van der Waals surface area contributed by atoms with E-state index in [2.05, 4.69) is 5.32 Å². The summed E-state index contributed by atoms with van der Waals surface area (Å²) in [5, 5.41) is 3.17. The molecule has 4 rings (SSSR count). The third-order valence-electron chi connectivity index (χ3n) is 6.65. The molecule has 194 valence electrons. The second-order valence-corrected chi connectivity index (χ2v) is 9.29. The van der Waals surface area contributed by atoms with E-state index in [4.69, 9.17) is 9.47 Å². The Kier molecular flexibility index (Phi) is 9.13. The van der Waals surface area contributed by atoms with E-state index in [0.717, 1.165) is 36.8 Å². The van der Waals surface area contributed by atoms with Crippen LogP contribution in [0.25, 0.3) is 0 Å². The number of carbonyl (C=O) groups is 2. The average molecular weight is 505 g/mol. The lowest BCUT2D eigenvalue weighted by molar-refractivity contribution is -0.143. The van der Waals surface area contributed by atoms with Crippen LogP contribution in [0.1, 0.15) is 36.8 Å². The molecule has 0 radical (unpaired) electrons. The Labute approximate surface area is 217 Å². The molecule has 6 nitrogen and oxygen atoms in total. The van der Waals surface area contributed by atoms with E-state index in [9.17, 15) is 14.0 Å². The molecule has 0 bridgehead atoms. The van der Waals surface area contributed by atoms with Crippen LogP contribution >= 0.6 is 0 Å². The van der Waals surface area contributed by atoms with Crippen LogP contribution in [-0.2, 0) is 22.6 Å². The van der Waals surface area contributed by atoms with Gasteiger partial charge in [0.05, 0.1) is 7.11 Å². The Morgan fingerprint density at radius 3 is 2.41 bits per heavy atom. The van der Waals surface area contributed by atoms with Crippen LogP contribution in [0.4, 0.5) is 4.39 Å². The summed E-state index contributed by atoms with van der Waals surface area (Å²) in [7, 11) is 1.58. The summed E-state index contributed by atoms with van der Waals surface area (Å²) in [6.07, 6.45) is 4.37. The highest BCUT2D eigenvalue weighted by atomic mass is 19.1. The van der Waals surface area contributed by atoms with Crippen molar-refractivity contribution in [2.75, 3.05) is 13.7 Å². The SMILES string of the molecule is COc1cccc(CN(C(=O)COc2ccccc2F)[C@H](Cc2ccccc2)C(=O)NC2CCCC2)c1. The van der Waals surface area contributed by atoms with Gasteiger partial charge in [0.1, 0.15) is 11.8 Å². The first-order valence-corrected chi connectivity index (χ1v) is 12.7. The lowest BCUT2D eigenvalue weighted by Crippen LogP contribution is -2.53. The molecule has 1 fully saturated rings. The third-order valence-corrected chi connectivity index (χ3v) is 6.65. The highest BCUT2D eigenvalue weighted by molar-refractivity contribution is 5.88. The van der Waals surface area contributed by atoms with Gasteiger partial charge in [-0.1, -0.05) is 67.4 Å². The Bertz CT molecular complexity index is 1180. The number of nitrogens with zero attached hydrogens (tertiary/aromatic N) is 1. The van der Waals surface area contributed by atoms with Crippen molar-refractivity contribution in [2.24, 2.45) is 0 Å². The van der Waals surface area contributed by atoms with Crippen molar-refractivity contribution in [3.05, 3.63) is 95.8 Å². The molecule has 2 amide bonds. The van der Waals surface area contributed by atoms with Crippen molar-refractivity contribution >= 4 is 11.8 Å². The Morgan fingerprint density at radius 2 is 1.68 bits per heavy atom. The molecule has 0 heterocycles. The molecule has 1 atom stereocenters. The molecule has 0 unspecified atom stereocenters. The summed E-state index contributed by atoms with van der Waals surface area (Å²) < 4.78 is 25.1. The van der Waals surface area contributed by atoms with E-state index < -0.39 is 24.4 Å². The zero-order valence-electron chi connectivity index (χ0n) is 21.1. The van der Waals surface area contributed by atoms with Crippen LogP contribution in [-0.4, -0.2) is 42.5 Å². The van der Waals surface area contributed by atoms with E-state index in [1.807, 2.05) is 54.6 Å². The zero-order chi connectivity index (χ0) is 26.0. The van der Waals surface area contributed by atoms with E-state index in [1.54, 1.807) is 19.2 Å². The fourth-order valence-electron chi connectivity index (χ4n) is 4.67. The zero-order valence-corrected chi connectivity index (χ0v) is 21.1. The van der Waals surface area contributed by atoms with Gasteiger partial charge in [-0.15, -0.1) is 0 Å². The van der Waals surface area contributed by atoms with Crippen molar-refractivity contribution in [1.82, 2.24) is 10.2 Å². The maximum absolute atomic E-state index is 14.1. The van der Waals surface area contributed by atoms with Gasteiger partial charge in [-0.2, -0.15) is 0 Å². The number of carbonyl (C=O) groups excluding carboxylic acids is 2. The van der Waals surface area contributed by atoms with Crippen LogP contribution in [0.15, 0.2) is 78.9 Å². The molecule has 7 heteroatoms. The molecule has 0 aliphatic heterocycles. The number of nitrogens with one attached hydrogen (secondary N) is 1. The molecular formula is C30H33FN2O4. The topological polar surface area (TPSA) is 67.9 Å². The van der Waals surface area contributed by atoms with Gasteiger partial charge >= 0.3 is 0 Å². The number of halogens is 1. The smallest absolute Gasteiger partial charge is 0.261 e. The van der Waals surface area contributed by atoms with Crippen molar-refractivity contribution in [1.29, 1.82) is 0 Å². The molecule has 0 saturated heterocycles. The number of benzene rings is 3. The standard InChI is InChI=1S/C30H33FN2O4/c1-36-25-15-9-12-23(18-25)20-33(29(34)21-37-28-17-8-7-16-26(28)31)27(19-22-10-3-2-4-11-22)30(35)32-24-13-5-6-14-24/h2-4,7-12,15-18,24,27H,5-6,13-14,19-21H2,1H3,(H,32,35)/t27-/m1/s1. The Hall–Kier alpha value is -3.87. The van der Waals surface area contributed by atoms with Crippen molar-refractivity contribution in [3.8, 4) is 11.5 Å². The second-order valence-electron chi connectivity index (χ2n) is 9.29. The highest BCUT2D eigenvalue weighted by Crippen LogP contribution is 2.22. The van der Waals surface area contributed by atoms with E-state index >= 15 is 0 Å². The number of rotatable bonds is 11. The Balaban J connectivity index is 1.63. The minimum atomic E-state index is -0.772. The fourth-order valence-corrected chi connectivity index (χ4v) is 4.67. The summed E-state index contributed by atoms with van der Waals surface area (Å²) in [6.45, 7) is -0.223. The molecule has 3 aromatic rings. The number of para-hydroxylation sites is 1. The maximum atomic E-state index is 14.1. The number of hydrogen-bond acceptors (Lipinski definition) is 4. The third kappa shape index (κ3) is 7.32. The number of methoxy groups -OCH3 is 1. The summed E-state index contributed by atoms with van der Waals surface area (Å²) in [5.41, 5.74) is 1.75. The van der Waals surface area contributed by atoms with Crippen LogP contribution in [0.3, 0.4) is 0 Å². The van der Waals surface area contributed by atoms with E-state index in [0.29, 0.717) is 12.2 Å². The molecule has 1 aliphatic carbocycles. The summed E-state index contributed by atoms with van der Waals surface area (Å²) in [5.74, 6) is -0.504. The molecular weight excluding hydrogens is 471 g/mol. The van der Waals surface area contributed by atoms with Crippen molar-refractivity contribution in [2.45, 2.75) is 50.7 Å². The highest BCUT2D eigenvalue weighted by Gasteiger charge is 2.32. The number of hydrogen-bond donors (Lipinski definition) is 1. The minimum absolute atomic E-state index is 0.00723. The summed E-state index contributed by atoms with van der Waals surface area (Å²) >= 11 is 0. The average Bonchev–Trinajstić information content (AvgIpc) is 3.43. The van der Waals surface area contributed by atoms with Gasteiger partial charge in [0.2, 0.25) is 5.91 Å². The van der Waals surface area contributed by atoms with Crippen molar-refractivity contribution in [3.63, 3.8) is 0 Å². The molecule has 0 aromatic heterocycles. The fraction of sp³-hybridized carbons (Fsp3) is 0.333. The normalized spacial score (nSPS) is 14.1. The van der Waals surface area contributed by atoms with E-state index in [1.165, 1.54) is 17.0 Å². The van der Waals surface area contributed by atoms with Crippen molar-refractivity contribution < 1.29 is 23.5 Å². The number of ether oxygens (including phenoxy) is 2. The van der Waals surface area contributed by atoms with Crippen LogP contribution in [0.5, 0.6) is 11.5 Å². The van der Waals surface area contributed by atoms with Gasteiger partial charge in [-0.25, -0.2) is 4.39 Å². The monoisotopic (exact) mass is 504 g/mol. The molecule has 1 aliphatic rings. The first kappa shape index (κ1) is 26.2. The van der Waals surface area contributed by atoms with Gasteiger partial charge in [-0.3, -0.25) is 9.59 Å². The van der Waals surface area contributed by atoms with E-state index in [-0.39, 0.29) is 24.2 Å². The maximum Gasteiger partial charge on any atom is 0.261 e. The van der Waals surface area contributed by atoms with Gasteiger partial charge in [-0.05, 0) is 48.2 Å². The molecule has 37 heavy (non-hydrogen) atoms.